The molecule has 29 heavy (non-hydrogen) atoms. The molecule has 1 heterocycles. The first-order valence-corrected chi connectivity index (χ1v) is 8.27. The molecule has 1 aliphatic rings. The lowest BCUT2D eigenvalue weighted by Crippen LogP contribution is -2.53. The number of anilines is 2. The van der Waals surface area contributed by atoms with E-state index in [0.29, 0.717) is 0 Å². The van der Waals surface area contributed by atoms with E-state index in [1.165, 1.54) is 31.2 Å². The van der Waals surface area contributed by atoms with Gasteiger partial charge in [-0.15, -0.1) is 0 Å². The van der Waals surface area contributed by atoms with Crippen molar-refractivity contribution in [2.45, 2.75) is 19.4 Å². The van der Waals surface area contributed by atoms with Gasteiger partial charge in [0, 0.05) is 30.0 Å². The molecule has 11 nitrogen and oxygen atoms in total. The van der Waals surface area contributed by atoms with Crippen LogP contribution in [0.4, 0.5) is 27.5 Å². The van der Waals surface area contributed by atoms with Crippen LogP contribution in [0.2, 0.25) is 0 Å². The number of amides is 3. The maximum Gasteiger partial charge on any atom is 0.337 e. The lowest BCUT2D eigenvalue weighted by molar-refractivity contribution is -0.385. The van der Waals surface area contributed by atoms with E-state index < -0.39 is 33.1 Å². The van der Waals surface area contributed by atoms with Crippen molar-refractivity contribution in [2.75, 3.05) is 9.80 Å². The molecule has 0 saturated carbocycles. The molecule has 11 heteroatoms. The first kappa shape index (κ1) is 19.6. The van der Waals surface area contributed by atoms with Crippen molar-refractivity contribution in [3.8, 4) is 0 Å². The zero-order chi connectivity index (χ0) is 21.5. The molecule has 0 N–H and O–H groups in total. The number of nitro benzene ring substituents is 2. The van der Waals surface area contributed by atoms with Gasteiger partial charge in [-0.05, 0) is 38.1 Å². The van der Waals surface area contributed by atoms with Crippen LogP contribution in [-0.4, -0.2) is 33.1 Å². The van der Waals surface area contributed by atoms with Crippen molar-refractivity contribution in [1.29, 1.82) is 0 Å². The van der Waals surface area contributed by atoms with Crippen molar-refractivity contribution in [1.82, 2.24) is 0 Å². The summed E-state index contributed by atoms with van der Waals surface area (Å²) in [6.45, 7) is 2.44. The molecule has 0 aromatic heterocycles. The summed E-state index contributed by atoms with van der Waals surface area (Å²) in [4.78, 5) is 60.7. The third kappa shape index (κ3) is 2.98. The molecule has 0 aliphatic carbocycles. The summed E-state index contributed by atoms with van der Waals surface area (Å²) in [5.41, 5.74) is -2.15. The molecule has 3 amide bonds. The van der Waals surface area contributed by atoms with Crippen LogP contribution in [0.5, 0.6) is 0 Å². The Morgan fingerprint density at radius 2 is 1.28 bits per heavy atom. The zero-order valence-corrected chi connectivity index (χ0v) is 15.3. The van der Waals surface area contributed by atoms with Gasteiger partial charge in [0.25, 0.3) is 17.3 Å². The van der Waals surface area contributed by atoms with Gasteiger partial charge in [0.05, 0.1) is 15.5 Å². The molecular formula is C18H14N4O7. The molecule has 0 spiro atoms. The lowest BCUT2D eigenvalue weighted by atomic mass is 9.95. The number of non-ortho nitro benzene ring substituents is 2. The van der Waals surface area contributed by atoms with Gasteiger partial charge in [-0.2, -0.15) is 0 Å². The fourth-order valence-corrected chi connectivity index (χ4v) is 3.04. The number of nitrogens with zero attached hydrogens (tertiary/aromatic N) is 4. The Hall–Kier alpha value is -4.15. The highest BCUT2D eigenvalue weighted by Crippen LogP contribution is 2.37. The first-order chi connectivity index (χ1) is 13.6. The fraction of sp³-hybridized carbons (Fsp3) is 0.167. The number of nitro groups is 2. The predicted octanol–water partition coefficient (Wildman–Crippen LogP) is 2.82. The van der Waals surface area contributed by atoms with E-state index >= 15 is 0 Å². The van der Waals surface area contributed by atoms with Crippen molar-refractivity contribution >= 4 is 40.5 Å². The van der Waals surface area contributed by atoms with Crippen molar-refractivity contribution < 1.29 is 24.2 Å². The number of hydrogen-bond donors (Lipinski definition) is 0. The first-order valence-electron chi connectivity index (χ1n) is 8.27. The topological polar surface area (TPSA) is 144 Å². The quantitative estimate of drug-likeness (QED) is 0.326. The SMILES string of the molecule is CC(=O)[C@]1(C)C(=O)N(c2ccc([N+](=O)[O-])cc2)C(=O)N1c1ccc([N+](=O)[O-])cc1. The molecule has 1 aliphatic heterocycles. The maximum absolute atomic E-state index is 13.1. The maximum atomic E-state index is 13.1. The number of Topliss-reactive ketones (excluding diaryl/α,β-unsaturated/α-hetero) is 1. The Balaban J connectivity index is 2.09. The van der Waals surface area contributed by atoms with Gasteiger partial charge in [-0.25, -0.2) is 9.69 Å². The van der Waals surface area contributed by atoms with E-state index in [-0.39, 0.29) is 22.7 Å². The van der Waals surface area contributed by atoms with Crippen LogP contribution in [0.1, 0.15) is 13.8 Å². The van der Waals surface area contributed by atoms with Gasteiger partial charge in [0.1, 0.15) is 0 Å². The summed E-state index contributed by atoms with van der Waals surface area (Å²) in [5.74, 6) is -1.44. The number of urea groups is 1. The zero-order valence-electron chi connectivity index (χ0n) is 15.3. The standard InChI is InChI=1S/C18H14N4O7/c1-11(23)18(2)16(24)19(12-3-7-14(8-4-12)21(26)27)17(25)20(18)13-5-9-15(10-6-13)22(28)29/h3-10H,1-2H3/t18-/m1/s1. The summed E-state index contributed by atoms with van der Waals surface area (Å²) >= 11 is 0. The average molecular weight is 398 g/mol. The smallest absolute Gasteiger partial charge is 0.297 e. The van der Waals surface area contributed by atoms with Crippen molar-refractivity contribution in [3.63, 3.8) is 0 Å². The average Bonchev–Trinajstić information content (AvgIpc) is 2.88. The van der Waals surface area contributed by atoms with E-state index in [0.717, 1.165) is 41.0 Å². The Morgan fingerprint density at radius 3 is 1.66 bits per heavy atom. The number of carbonyl (C=O) groups excluding carboxylic acids is 3. The highest BCUT2D eigenvalue weighted by molar-refractivity contribution is 6.37. The van der Waals surface area contributed by atoms with E-state index in [2.05, 4.69) is 0 Å². The molecule has 0 unspecified atom stereocenters. The lowest BCUT2D eigenvalue weighted by Gasteiger charge is -2.29. The summed E-state index contributed by atoms with van der Waals surface area (Å²) in [6, 6.07) is 8.72. The fourth-order valence-electron chi connectivity index (χ4n) is 3.04. The molecule has 2 aromatic rings. The Labute approximate surface area is 163 Å². The number of ketones is 1. The van der Waals surface area contributed by atoms with Gasteiger partial charge in [-0.3, -0.25) is 34.7 Å². The van der Waals surface area contributed by atoms with Gasteiger partial charge < -0.3 is 0 Å². The minimum absolute atomic E-state index is 0.0579. The molecular weight excluding hydrogens is 384 g/mol. The molecule has 1 fully saturated rings. The number of benzene rings is 2. The summed E-state index contributed by atoms with van der Waals surface area (Å²) in [6.07, 6.45) is 0. The highest BCUT2D eigenvalue weighted by Gasteiger charge is 2.58. The minimum Gasteiger partial charge on any atom is -0.297 e. The number of rotatable bonds is 5. The monoisotopic (exact) mass is 398 g/mol. The normalized spacial score (nSPS) is 18.8. The van der Waals surface area contributed by atoms with Crippen LogP contribution in [0.15, 0.2) is 48.5 Å². The number of imide groups is 1. The summed E-state index contributed by atoms with van der Waals surface area (Å²) in [7, 11) is 0. The molecule has 1 atom stereocenters. The van der Waals surface area contributed by atoms with E-state index in [1.807, 2.05) is 0 Å². The van der Waals surface area contributed by atoms with Crippen LogP contribution >= 0.6 is 0 Å². The molecule has 148 valence electrons. The molecule has 1 saturated heterocycles. The van der Waals surface area contributed by atoms with Crippen LogP contribution < -0.4 is 9.80 Å². The van der Waals surface area contributed by atoms with Gasteiger partial charge in [0.15, 0.2) is 11.3 Å². The second-order valence-electron chi connectivity index (χ2n) is 6.43. The van der Waals surface area contributed by atoms with Gasteiger partial charge in [0.2, 0.25) is 0 Å². The molecule has 2 aromatic carbocycles. The minimum atomic E-state index is -1.88. The Morgan fingerprint density at radius 1 is 0.862 bits per heavy atom. The van der Waals surface area contributed by atoms with Crippen LogP contribution in [0.3, 0.4) is 0 Å². The highest BCUT2D eigenvalue weighted by atomic mass is 16.6. The summed E-state index contributed by atoms with van der Waals surface area (Å²) in [5, 5.41) is 21.7. The number of hydrogen-bond acceptors (Lipinski definition) is 7. The van der Waals surface area contributed by atoms with Gasteiger partial charge in [-0.1, -0.05) is 0 Å². The van der Waals surface area contributed by atoms with Crippen LogP contribution in [-0.2, 0) is 9.59 Å². The van der Waals surface area contributed by atoms with E-state index in [4.69, 9.17) is 0 Å². The Bertz CT molecular complexity index is 1050. The van der Waals surface area contributed by atoms with Crippen LogP contribution in [0, 0.1) is 20.2 Å². The Kier molecular flexibility index (Phi) is 4.59. The third-order valence-corrected chi connectivity index (χ3v) is 4.77. The van der Waals surface area contributed by atoms with Crippen LogP contribution in [0.25, 0.3) is 0 Å². The van der Waals surface area contributed by atoms with Crippen molar-refractivity contribution in [2.24, 2.45) is 0 Å². The number of carbonyl (C=O) groups is 3. The molecule has 3 rings (SSSR count). The van der Waals surface area contributed by atoms with Gasteiger partial charge >= 0.3 is 6.03 Å². The second kappa shape index (κ2) is 6.78. The summed E-state index contributed by atoms with van der Waals surface area (Å²) < 4.78 is 0. The second-order valence-corrected chi connectivity index (χ2v) is 6.43. The van der Waals surface area contributed by atoms with E-state index in [1.54, 1.807) is 0 Å². The molecule has 0 radical (unpaired) electrons. The third-order valence-electron chi connectivity index (χ3n) is 4.77. The predicted molar refractivity (Wildman–Crippen MR) is 101 cm³/mol. The van der Waals surface area contributed by atoms with Crippen molar-refractivity contribution in [3.05, 3.63) is 68.8 Å². The molecule has 0 bridgehead atoms. The van der Waals surface area contributed by atoms with E-state index in [9.17, 15) is 34.6 Å². The largest absolute Gasteiger partial charge is 0.337 e.